The van der Waals surface area contributed by atoms with Crippen molar-refractivity contribution in [2.75, 3.05) is 39.9 Å². The van der Waals surface area contributed by atoms with Gasteiger partial charge >= 0.3 is 37.0 Å². The number of rotatable bonds is 11. The van der Waals surface area contributed by atoms with Crippen molar-refractivity contribution in [1.29, 1.82) is 0 Å². The molecule has 1 aromatic rings. The van der Waals surface area contributed by atoms with Gasteiger partial charge in [-0.25, -0.2) is 14.4 Å². The van der Waals surface area contributed by atoms with Crippen LogP contribution in [0, 0.1) is 22.7 Å². The van der Waals surface area contributed by atoms with Gasteiger partial charge in [0.2, 0.25) is 5.91 Å². The van der Waals surface area contributed by atoms with Crippen molar-refractivity contribution in [3.05, 3.63) is 29.8 Å². The van der Waals surface area contributed by atoms with Crippen molar-refractivity contribution < 1.29 is 52.3 Å². The number of methoxy groups -OCH3 is 1. The lowest BCUT2D eigenvalue weighted by Crippen LogP contribution is -2.73. The summed E-state index contributed by atoms with van der Waals surface area (Å²) in [6.07, 6.45) is 0.525. The summed E-state index contributed by atoms with van der Waals surface area (Å²) in [4.78, 5) is 82.7. The summed E-state index contributed by atoms with van der Waals surface area (Å²) in [6, 6.07) is 4.04. The maximum absolute atomic E-state index is 14.7. The number of carbonyl (C=O) groups excluding carboxylic acids is 6. The molecule has 2 heterocycles. The fourth-order valence-corrected chi connectivity index (χ4v) is 8.48. The van der Waals surface area contributed by atoms with Gasteiger partial charge in [0.05, 0.1) is 25.4 Å². The van der Waals surface area contributed by atoms with E-state index in [1.54, 1.807) is 52.0 Å². The molecule has 16 nitrogen and oxygen atoms in total. The first kappa shape index (κ1) is 42.8. The second kappa shape index (κ2) is 15.5. The molecular weight excluding hydrogens is 725 g/mol. The van der Waals surface area contributed by atoms with Gasteiger partial charge in [-0.1, -0.05) is 46.8 Å². The monoisotopic (exact) mass is 783 g/mol. The van der Waals surface area contributed by atoms with Gasteiger partial charge < -0.3 is 44.4 Å². The zero-order valence-electron chi connectivity index (χ0n) is 34.5. The fourth-order valence-electron chi connectivity index (χ4n) is 8.48. The Labute approximate surface area is 329 Å². The third-order valence-electron chi connectivity index (χ3n) is 12.2. The van der Waals surface area contributed by atoms with Crippen LogP contribution in [-0.4, -0.2) is 121 Å². The molecule has 1 aromatic carbocycles. The Morgan fingerprint density at radius 1 is 1.00 bits per heavy atom. The van der Waals surface area contributed by atoms with Crippen molar-refractivity contribution in [2.45, 2.75) is 111 Å². The first-order valence-corrected chi connectivity index (χ1v) is 19.3. The normalized spacial score (nSPS) is 25.9. The summed E-state index contributed by atoms with van der Waals surface area (Å²) in [5.41, 5.74) is -4.00. The molecule has 2 aliphatic heterocycles. The zero-order valence-corrected chi connectivity index (χ0v) is 34.5. The minimum Gasteiger partial charge on any atom is -0.496 e. The Morgan fingerprint density at radius 2 is 1.68 bits per heavy atom. The van der Waals surface area contributed by atoms with E-state index >= 15 is 0 Å². The number of likely N-dealkylation sites (N-methyl/N-ethyl adjacent to an activating group) is 1. The zero-order chi connectivity index (χ0) is 41.6. The Morgan fingerprint density at radius 3 is 2.29 bits per heavy atom. The summed E-state index contributed by atoms with van der Waals surface area (Å²) in [5.74, 6) is -2.57. The van der Waals surface area contributed by atoms with E-state index in [0.717, 1.165) is 17.7 Å². The van der Waals surface area contributed by atoms with Crippen LogP contribution in [0.4, 0.5) is 9.59 Å². The number of nitrogens with one attached hydrogen (secondary N) is 3. The van der Waals surface area contributed by atoms with Crippen LogP contribution in [0.15, 0.2) is 24.3 Å². The summed E-state index contributed by atoms with van der Waals surface area (Å²) in [5, 5.41) is 8.14. The third-order valence-corrected chi connectivity index (χ3v) is 12.2. The van der Waals surface area contributed by atoms with Crippen molar-refractivity contribution in [3.63, 3.8) is 0 Å². The molecule has 56 heavy (non-hydrogen) atoms. The number of hydrogen-bond acceptors (Lipinski definition) is 11. The number of piperazine rings is 1. The smallest absolute Gasteiger partial charge is 0.489 e. The maximum atomic E-state index is 14.7. The van der Waals surface area contributed by atoms with Crippen molar-refractivity contribution in [1.82, 2.24) is 25.8 Å². The predicted octanol–water partition coefficient (Wildman–Crippen LogP) is 3.31. The summed E-state index contributed by atoms with van der Waals surface area (Å²) in [7, 11) is 0.298. The number of nitrogens with zero attached hydrogens (tertiary/aromatic N) is 2. The highest BCUT2D eigenvalue weighted by atomic mass is 16.7. The lowest BCUT2D eigenvalue weighted by atomic mass is 9.43. The van der Waals surface area contributed by atoms with Crippen LogP contribution in [0.3, 0.4) is 0 Å². The van der Waals surface area contributed by atoms with Crippen LogP contribution < -0.4 is 20.7 Å². The molecule has 3 saturated carbocycles. The summed E-state index contributed by atoms with van der Waals surface area (Å²) in [6.45, 7) is 18.1. The molecule has 6 rings (SSSR count). The van der Waals surface area contributed by atoms with E-state index in [1.807, 2.05) is 27.7 Å². The van der Waals surface area contributed by atoms with Crippen LogP contribution in [0.5, 0.6) is 5.75 Å². The Kier molecular flexibility index (Phi) is 11.9. The van der Waals surface area contributed by atoms with Gasteiger partial charge in [-0.2, -0.15) is 0 Å². The van der Waals surface area contributed by atoms with Crippen molar-refractivity contribution in [3.8, 4) is 5.75 Å². The second-order valence-corrected chi connectivity index (χ2v) is 18.0. The molecule has 17 heteroatoms. The Bertz CT molecular complexity index is 1730. The molecule has 6 amide bonds. The average molecular weight is 784 g/mol. The van der Waals surface area contributed by atoms with Crippen LogP contribution in [0.25, 0.3) is 0 Å². The Balaban J connectivity index is 1.50. The van der Waals surface area contributed by atoms with Crippen LogP contribution in [-0.2, 0) is 33.2 Å². The fraction of sp³-hybridized carbons (Fsp3) is 0.692. The number of alkyl carbamates (subject to hydrolysis) is 1. The molecule has 5 aliphatic rings. The van der Waals surface area contributed by atoms with Crippen LogP contribution in [0.1, 0.15) is 92.4 Å². The minimum absolute atomic E-state index is 0.00237. The summed E-state index contributed by atoms with van der Waals surface area (Å²) >= 11 is 0. The highest BCUT2D eigenvalue weighted by Crippen LogP contribution is 2.66. The van der Waals surface area contributed by atoms with E-state index in [-0.39, 0.29) is 42.6 Å². The number of esters is 1. The number of ether oxygens (including phenoxy) is 3. The Hall–Kier alpha value is -4.38. The molecule has 6 atom stereocenters. The standard InChI is InChI=1S/C39H58BN5O11/c1-12-44-17-18-45(31(48)30(44)47)33(50)42-25(21-41-34(51)54-36(5,6)7)29(46)43-39(35(2,3)4,22-53-32(49)24-15-13-14-16-26(24)52-11)40-55-28-20-23-19-27(37(23,8)9)38(28,10)56-40/h13-16,23,25,27-28H,12,17-22H2,1-11H3,(H,41,51)(H,42,50)(H,43,46)/t23-,25+,27-,28+,38-,39-/m0/s1. The molecular formula is C39H58BN5O11. The van der Waals surface area contributed by atoms with E-state index in [9.17, 15) is 28.8 Å². The minimum atomic E-state index is -1.61. The SMILES string of the molecule is CCN1CCN(C(=O)N[C@H](CNC(=O)OC(C)(C)C)C(=O)N[C@](COC(=O)c2ccccc2OC)(B2O[C@@H]3C[C@@H]4C[C@@H](C4(C)C)[C@]3(C)O2)C(C)(C)C)C(=O)C1=O. The van der Waals surface area contributed by atoms with Crippen molar-refractivity contribution in [2.24, 2.45) is 22.7 Å². The molecule has 308 valence electrons. The first-order chi connectivity index (χ1) is 26.0. The number of para-hydroxylation sites is 1. The van der Waals surface area contributed by atoms with Crippen LogP contribution in [0.2, 0.25) is 0 Å². The van der Waals surface area contributed by atoms with Gasteiger partial charge in [0.15, 0.2) is 0 Å². The predicted molar refractivity (Wildman–Crippen MR) is 204 cm³/mol. The van der Waals surface area contributed by atoms with Gasteiger partial charge in [0.1, 0.15) is 35.0 Å². The topological polar surface area (TPSA) is 191 Å². The van der Waals surface area contributed by atoms with E-state index in [2.05, 4.69) is 29.8 Å². The molecule has 0 radical (unpaired) electrons. The van der Waals surface area contributed by atoms with Gasteiger partial charge in [0, 0.05) is 19.6 Å². The van der Waals surface area contributed by atoms with Gasteiger partial charge in [0.25, 0.3) is 0 Å². The molecule has 0 unspecified atom stereocenters. The lowest BCUT2D eigenvalue weighted by molar-refractivity contribution is -0.199. The summed E-state index contributed by atoms with van der Waals surface area (Å²) < 4.78 is 30.5. The molecule has 3 aliphatic carbocycles. The van der Waals surface area contributed by atoms with Crippen molar-refractivity contribution >= 4 is 42.9 Å². The van der Waals surface area contributed by atoms with E-state index < -0.39 is 84.2 Å². The maximum Gasteiger partial charge on any atom is 0.489 e. The number of imide groups is 1. The molecule has 0 aromatic heterocycles. The second-order valence-electron chi connectivity index (χ2n) is 18.0. The largest absolute Gasteiger partial charge is 0.496 e. The van der Waals surface area contributed by atoms with Gasteiger partial charge in [-0.15, -0.1) is 0 Å². The average Bonchev–Trinajstić information content (AvgIpc) is 3.48. The van der Waals surface area contributed by atoms with E-state index in [4.69, 9.17) is 23.5 Å². The molecule has 5 fully saturated rings. The highest BCUT2D eigenvalue weighted by molar-refractivity contribution is 6.50. The molecule has 2 bridgehead atoms. The molecule has 3 N–H and O–H groups in total. The van der Waals surface area contributed by atoms with Crippen LogP contribution >= 0.6 is 0 Å². The van der Waals surface area contributed by atoms with Gasteiger partial charge in [-0.05, 0) is 82.3 Å². The number of urea groups is 1. The number of carbonyl (C=O) groups is 6. The third kappa shape index (κ3) is 8.06. The highest BCUT2D eigenvalue weighted by Gasteiger charge is 2.72. The quantitative estimate of drug-likeness (QED) is 0.170. The first-order valence-electron chi connectivity index (χ1n) is 19.3. The molecule has 2 saturated heterocycles. The number of hydrogen-bond donors (Lipinski definition) is 3. The number of amides is 6. The molecule has 0 spiro atoms. The number of benzene rings is 1. The van der Waals surface area contributed by atoms with E-state index in [0.29, 0.717) is 11.7 Å². The van der Waals surface area contributed by atoms with Gasteiger partial charge in [-0.3, -0.25) is 19.3 Å². The lowest BCUT2D eigenvalue weighted by Gasteiger charge is -2.64. The van der Waals surface area contributed by atoms with E-state index in [1.165, 1.54) is 12.0 Å².